The van der Waals surface area contributed by atoms with Crippen LogP contribution >= 0.6 is 0 Å². The number of hydrogen-bond donors (Lipinski definition) is 2. The van der Waals surface area contributed by atoms with E-state index in [1.807, 2.05) is 6.92 Å². The molecule has 0 radical (unpaired) electrons. The van der Waals surface area contributed by atoms with Crippen LogP contribution in [0.5, 0.6) is 11.5 Å². The smallest absolute Gasteiger partial charge is 0.226 e. The van der Waals surface area contributed by atoms with Crippen molar-refractivity contribution in [2.45, 2.75) is 38.6 Å². The van der Waals surface area contributed by atoms with Crippen molar-refractivity contribution >= 4 is 11.6 Å². The molecule has 1 atom stereocenters. The summed E-state index contributed by atoms with van der Waals surface area (Å²) in [5.74, 6) is 1.27. The number of piperidine rings is 1. The highest BCUT2D eigenvalue weighted by molar-refractivity contribution is 5.92. The highest BCUT2D eigenvalue weighted by Gasteiger charge is 2.13. The number of benzene rings is 1. The molecule has 2 rings (SSSR count). The molecule has 1 aliphatic rings. The first-order valence-electron chi connectivity index (χ1n) is 9.10. The molecule has 1 amide bonds. The lowest BCUT2D eigenvalue weighted by atomic mass is 10.1. The number of carbonyl (C=O) groups is 1. The van der Waals surface area contributed by atoms with Crippen molar-refractivity contribution in [1.29, 1.82) is 0 Å². The summed E-state index contributed by atoms with van der Waals surface area (Å²) in [6.07, 6.45) is 4.40. The minimum Gasteiger partial charge on any atom is -0.497 e. The topological polar surface area (TPSA) is 62.8 Å². The molecule has 0 aromatic heterocycles. The van der Waals surface area contributed by atoms with Gasteiger partial charge in [0, 0.05) is 31.6 Å². The Morgan fingerprint density at radius 1 is 1.20 bits per heavy atom. The van der Waals surface area contributed by atoms with E-state index in [1.54, 1.807) is 32.4 Å². The van der Waals surface area contributed by atoms with Crippen molar-refractivity contribution in [3.8, 4) is 11.5 Å². The first-order chi connectivity index (χ1) is 12.1. The van der Waals surface area contributed by atoms with Gasteiger partial charge in [-0.15, -0.1) is 0 Å². The van der Waals surface area contributed by atoms with E-state index in [0.29, 0.717) is 23.6 Å². The molecule has 0 aliphatic carbocycles. The highest BCUT2D eigenvalue weighted by atomic mass is 16.5. The van der Waals surface area contributed by atoms with Crippen molar-refractivity contribution in [2.75, 3.05) is 45.7 Å². The maximum Gasteiger partial charge on any atom is 0.226 e. The van der Waals surface area contributed by atoms with Crippen LogP contribution in [0, 0.1) is 0 Å². The SMILES string of the molecule is COc1ccc(NC(=O)CC(C)NCCN2CCCCC2)c(OC)c1. The number of amides is 1. The third-order valence-electron chi connectivity index (χ3n) is 4.54. The predicted octanol–water partition coefficient (Wildman–Crippen LogP) is 2.50. The van der Waals surface area contributed by atoms with E-state index < -0.39 is 0 Å². The van der Waals surface area contributed by atoms with Crippen LogP contribution in [-0.2, 0) is 4.79 Å². The third kappa shape index (κ3) is 6.55. The number of hydrogen-bond acceptors (Lipinski definition) is 5. The monoisotopic (exact) mass is 349 g/mol. The Hall–Kier alpha value is -1.79. The van der Waals surface area contributed by atoms with Crippen LogP contribution < -0.4 is 20.1 Å². The first kappa shape index (κ1) is 19.5. The molecule has 6 nitrogen and oxygen atoms in total. The zero-order chi connectivity index (χ0) is 18.1. The standard InChI is InChI=1S/C19H31N3O3/c1-15(20-9-12-22-10-5-4-6-11-22)13-19(23)21-17-8-7-16(24-2)14-18(17)25-3/h7-8,14-15,20H,4-6,9-13H2,1-3H3,(H,21,23). The largest absolute Gasteiger partial charge is 0.497 e. The van der Waals surface area contributed by atoms with E-state index in [0.717, 1.165) is 13.1 Å². The predicted molar refractivity (Wildman–Crippen MR) is 101 cm³/mol. The number of nitrogens with zero attached hydrogens (tertiary/aromatic N) is 1. The number of ether oxygens (including phenoxy) is 2. The molecule has 0 bridgehead atoms. The van der Waals surface area contributed by atoms with E-state index in [-0.39, 0.29) is 11.9 Å². The molecule has 0 saturated carbocycles. The zero-order valence-electron chi connectivity index (χ0n) is 15.6. The molecule has 2 N–H and O–H groups in total. The molecule has 1 unspecified atom stereocenters. The van der Waals surface area contributed by atoms with Crippen molar-refractivity contribution < 1.29 is 14.3 Å². The first-order valence-corrected chi connectivity index (χ1v) is 9.10. The average Bonchev–Trinajstić information content (AvgIpc) is 2.62. The Balaban J connectivity index is 1.73. The Morgan fingerprint density at radius 2 is 1.96 bits per heavy atom. The fourth-order valence-corrected chi connectivity index (χ4v) is 3.11. The summed E-state index contributed by atoms with van der Waals surface area (Å²) in [7, 11) is 3.18. The number of anilines is 1. The lowest BCUT2D eigenvalue weighted by molar-refractivity contribution is -0.116. The number of methoxy groups -OCH3 is 2. The zero-order valence-corrected chi connectivity index (χ0v) is 15.6. The van der Waals surface area contributed by atoms with Crippen molar-refractivity contribution in [1.82, 2.24) is 10.2 Å². The highest BCUT2D eigenvalue weighted by Crippen LogP contribution is 2.29. The lowest BCUT2D eigenvalue weighted by Gasteiger charge is -2.27. The molecule has 0 spiro atoms. The Morgan fingerprint density at radius 3 is 2.64 bits per heavy atom. The molecule has 1 aromatic rings. The maximum absolute atomic E-state index is 12.3. The van der Waals surface area contributed by atoms with Gasteiger partial charge in [-0.2, -0.15) is 0 Å². The molecule has 1 saturated heterocycles. The fourth-order valence-electron chi connectivity index (χ4n) is 3.11. The van der Waals surface area contributed by atoms with Crippen LogP contribution in [0.3, 0.4) is 0 Å². The van der Waals surface area contributed by atoms with Crippen molar-refractivity contribution in [3.05, 3.63) is 18.2 Å². The average molecular weight is 349 g/mol. The van der Waals surface area contributed by atoms with Crippen LogP contribution in [0.2, 0.25) is 0 Å². The van der Waals surface area contributed by atoms with Crippen LogP contribution in [0.25, 0.3) is 0 Å². The van der Waals surface area contributed by atoms with E-state index in [9.17, 15) is 4.79 Å². The van der Waals surface area contributed by atoms with Gasteiger partial charge in [0.1, 0.15) is 11.5 Å². The van der Waals surface area contributed by atoms with Gasteiger partial charge in [-0.25, -0.2) is 0 Å². The van der Waals surface area contributed by atoms with Crippen LogP contribution in [0.4, 0.5) is 5.69 Å². The van der Waals surface area contributed by atoms with Gasteiger partial charge >= 0.3 is 0 Å². The van der Waals surface area contributed by atoms with Crippen LogP contribution in [0.15, 0.2) is 18.2 Å². The molecule has 1 fully saturated rings. The number of rotatable bonds is 9. The van der Waals surface area contributed by atoms with Crippen molar-refractivity contribution in [2.24, 2.45) is 0 Å². The molecule has 25 heavy (non-hydrogen) atoms. The van der Waals surface area contributed by atoms with Gasteiger partial charge in [0.25, 0.3) is 0 Å². The molecule has 1 aromatic carbocycles. The summed E-state index contributed by atoms with van der Waals surface area (Å²) < 4.78 is 10.5. The summed E-state index contributed by atoms with van der Waals surface area (Å²) in [5.41, 5.74) is 0.661. The van der Waals surface area contributed by atoms with Gasteiger partial charge in [-0.1, -0.05) is 6.42 Å². The van der Waals surface area contributed by atoms with Gasteiger partial charge < -0.3 is 25.0 Å². The lowest BCUT2D eigenvalue weighted by Crippen LogP contribution is -2.39. The second-order valence-corrected chi connectivity index (χ2v) is 6.58. The Labute approximate surface area is 150 Å². The molecule has 140 valence electrons. The summed E-state index contributed by atoms with van der Waals surface area (Å²) in [5, 5.41) is 6.35. The Kier molecular flexibility index (Phi) is 8.01. The molecule has 6 heteroatoms. The molecular weight excluding hydrogens is 318 g/mol. The second kappa shape index (κ2) is 10.3. The van der Waals surface area contributed by atoms with E-state index in [1.165, 1.54) is 32.4 Å². The minimum atomic E-state index is -0.0264. The third-order valence-corrected chi connectivity index (χ3v) is 4.54. The summed E-state index contributed by atoms with van der Waals surface area (Å²) in [6.45, 7) is 6.42. The van der Waals surface area contributed by atoms with Gasteiger partial charge in [-0.05, 0) is 45.0 Å². The van der Waals surface area contributed by atoms with E-state index in [4.69, 9.17) is 9.47 Å². The molecular formula is C19H31N3O3. The van der Waals surface area contributed by atoms with Crippen molar-refractivity contribution in [3.63, 3.8) is 0 Å². The molecule has 1 aliphatic heterocycles. The van der Waals surface area contributed by atoms with E-state index in [2.05, 4.69) is 15.5 Å². The Bertz CT molecular complexity index is 545. The summed E-state index contributed by atoms with van der Waals surface area (Å²) in [4.78, 5) is 14.8. The minimum absolute atomic E-state index is 0.0264. The maximum atomic E-state index is 12.3. The van der Waals surface area contributed by atoms with Crippen LogP contribution in [0.1, 0.15) is 32.6 Å². The molecule has 1 heterocycles. The quantitative estimate of drug-likeness (QED) is 0.717. The number of likely N-dealkylation sites (tertiary alicyclic amines) is 1. The van der Waals surface area contributed by atoms with Gasteiger partial charge in [0.05, 0.1) is 19.9 Å². The number of nitrogens with one attached hydrogen (secondary N) is 2. The summed E-state index contributed by atoms with van der Waals surface area (Å²) >= 11 is 0. The normalized spacial score (nSPS) is 16.3. The van der Waals surface area contributed by atoms with Gasteiger partial charge in [0.15, 0.2) is 0 Å². The second-order valence-electron chi connectivity index (χ2n) is 6.58. The summed E-state index contributed by atoms with van der Waals surface area (Å²) in [6, 6.07) is 5.49. The van der Waals surface area contributed by atoms with Crippen LogP contribution in [-0.4, -0.2) is 57.2 Å². The fraction of sp³-hybridized carbons (Fsp3) is 0.632. The number of carbonyl (C=O) groups excluding carboxylic acids is 1. The van der Waals surface area contributed by atoms with E-state index >= 15 is 0 Å². The van der Waals surface area contributed by atoms with Gasteiger partial charge in [-0.3, -0.25) is 4.79 Å². The van der Waals surface area contributed by atoms with Gasteiger partial charge in [0.2, 0.25) is 5.91 Å².